The summed E-state index contributed by atoms with van der Waals surface area (Å²) in [5, 5.41) is 22.0. The minimum atomic E-state index is -5.12. The molecule has 7 heterocycles. The molecular weight excluding hydrogens is 652 g/mol. The lowest BCUT2D eigenvalue weighted by molar-refractivity contribution is -0.0675. The van der Waals surface area contributed by atoms with Crippen molar-refractivity contribution in [2.45, 2.75) is 49.1 Å². The van der Waals surface area contributed by atoms with Gasteiger partial charge in [-0.3, -0.25) is 41.8 Å². The fourth-order valence-corrected chi connectivity index (χ4v) is 7.13. The lowest BCUT2D eigenvalue weighted by Crippen LogP contribution is -2.38. The number of fused-ring (bicyclic) bond motifs is 6. The van der Waals surface area contributed by atoms with Crippen molar-refractivity contribution in [2.75, 3.05) is 18.9 Å². The van der Waals surface area contributed by atoms with Crippen molar-refractivity contribution in [1.82, 2.24) is 39.0 Å². The van der Waals surface area contributed by atoms with E-state index in [0.717, 1.165) is 28.1 Å². The van der Waals surface area contributed by atoms with E-state index in [4.69, 9.17) is 33.3 Å². The standard InChI is InChI=1S/C20H23N9O14P2/c21-20-26-15-9(17(33)27-20)25-5-29(15)19-13-11(31)7(41-19)2-39-44(34,35)42-12-10(30)6(1-38-45(36,37)43-13)40-18(12)28-4-24-8-14(28)22-3-23-16(8)32/h3-7,10-13,18-19,30-31H,1-2H2,(H,34,35)(H,36,37)(H,22,23,32)(H3,21,26,27,33)/t6-,7-,10-,11-,12-,13-,18-,19-/m1/s1. The summed E-state index contributed by atoms with van der Waals surface area (Å²) in [6, 6.07) is 0. The molecule has 0 aliphatic carbocycles. The van der Waals surface area contributed by atoms with Gasteiger partial charge in [-0.1, -0.05) is 0 Å². The topological polar surface area (TPSA) is 324 Å². The zero-order valence-electron chi connectivity index (χ0n) is 22.3. The molecule has 23 nitrogen and oxygen atoms in total. The van der Waals surface area contributed by atoms with Gasteiger partial charge in [0.15, 0.2) is 34.8 Å². The van der Waals surface area contributed by atoms with Gasteiger partial charge >= 0.3 is 15.6 Å². The predicted molar refractivity (Wildman–Crippen MR) is 142 cm³/mol. The Balaban J connectivity index is 1.23. The van der Waals surface area contributed by atoms with Crippen molar-refractivity contribution in [3.8, 4) is 0 Å². The number of imidazole rings is 2. The van der Waals surface area contributed by atoms with Gasteiger partial charge in [0, 0.05) is 0 Å². The number of hydrogen-bond donors (Lipinski definition) is 7. The molecule has 0 spiro atoms. The summed E-state index contributed by atoms with van der Waals surface area (Å²) >= 11 is 0. The van der Waals surface area contributed by atoms with E-state index in [0.29, 0.717) is 0 Å². The van der Waals surface area contributed by atoms with E-state index in [9.17, 15) is 38.7 Å². The third-order valence-corrected chi connectivity index (χ3v) is 9.27. The Bertz CT molecular complexity index is 2000. The van der Waals surface area contributed by atoms with E-state index in [-0.39, 0.29) is 28.3 Å². The number of aliphatic hydroxyl groups is 2. The molecule has 3 aliphatic rings. The van der Waals surface area contributed by atoms with Crippen molar-refractivity contribution >= 4 is 43.9 Å². The highest BCUT2D eigenvalue weighted by atomic mass is 31.2. The summed E-state index contributed by atoms with van der Waals surface area (Å²) in [6.45, 7) is -1.70. The number of nitrogens with one attached hydrogen (secondary N) is 2. The number of nitrogen functional groups attached to an aromatic ring is 1. The van der Waals surface area contributed by atoms with Crippen molar-refractivity contribution in [1.29, 1.82) is 0 Å². The van der Waals surface area contributed by atoms with Gasteiger partial charge in [0.05, 0.1) is 32.2 Å². The van der Waals surface area contributed by atoms with E-state index in [1.54, 1.807) is 0 Å². The second kappa shape index (κ2) is 10.8. The highest BCUT2D eigenvalue weighted by molar-refractivity contribution is 7.47. The molecule has 4 bridgehead atoms. The Kier molecular flexibility index (Phi) is 7.27. The number of aromatic nitrogens is 8. The van der Waals surface area contributed by atoms with Gasteiger partial charge in [-0.2, -0.15) is 4.98 Å². The molecule has 3 saturated heterocycles. The van der Waals surface area contributed by atoms with Crippen LogP contribution in [-0.2, 0) is 36.7 Å². The number of aliphatic hydroxyl groups excluding tert-OH is 2. The van der Waals surface area contributed by atoms with E-state index in [1.807, 2.05) is 0 Å². The molecule has 0 saturated carbocycles. The fraction of sp³-hybridized carbons (Fsp3) is 0.500. The number of nitrogens with two attached hydrogens (primary N) is 1. The van der Waals surface area contributed by atoms with Crippen LogP contribution in [0, 0.1) is 0 Å². The lowest BCUT2D eigenvalue weighted by Gasteiger charge is -2.26. The number of ether oxygens (including phenoxy) is 2. The molecule has 45 heavy (non-hydrogen) atoms. The molecular formula is C20H23N9O14P2. The second-order valence-corrected chi connectivity index (χ2v) is 12.9. The number of H-pyrrole nitrogens is 2. The van der Waals surface area contributed by atoms with Gasteiger partial charge in [0.2, 0.25) is 5.95 Å². The van der Waals surface area contributed by atoms with Crippen LogP contribution >= 0.6 is 15.6 Å². The smallest absolute Gasteiger partial charge is 0.387 e. The zero-order valence-corrected chi connectivity index (χ0v) is 24.1. The van der Waals surface area contributed by atoms with E-state index < -0.39 is 89.1 Å². The molecule has 8 N–H and O–H groups in total. The van der Waals surface area contributed by atoms with Crippen LogP contribution in [0.2, 0.25) is 0 Å². The second-order valence-electron chi connectivity index (χ2n) is 10.1. The number of nitrogens with zero attached hydrogens (tertiary/aromatic N) is 6. The van der Waals surface area contributed by atoms with Gasteiger partial charge in [0.1, 0.15) is 36.6 Å². The van der Waals surface area contributed by atoms with Crippen LogP contribution in [-0.4, -0.2) is 109 Å². The average Bonchev–Trinajstić information content (AvgIpc) is 3.72. The van der Waals surface area contributed by atoms with Crippen LogP contribution in [0.5, 0.6) is 0 Å². The van der Waals surface area contributed by atoms with Gasteiger partial charge in [0.25, 0.3) is 11.1 Å². The molecule has 242 valence electrons. The van der Waals surface area contributed by atoms with E-state index in [2.05, 4.69) is 29.9 Å². The maximum absolute atomic E-state index is 13.1. The SMILES string of the molecule is Nc1nc2c(ncn2[C@@H]2O[C@@H]3COP(=O)(O)O[C@@H]4[C@H](O)[C@@H](COP(=O)(O)O[C@@H]2[C@@H]3O)O[C@H]4n2cnc3c(=O)[nH]cnc32)c(=O)[nH]1. The van der Waals surface area contributed by atoms with Crippen LogP contribution < -0.4 is 16.9 Å². The first-order chi connectivity index (χ1) is 21.3. The quantitative estimate of drug-likeness (QED) is 0.107. The van der Waals surface area contributed by atoms with E-state index in [1.165, 1.54) is 0 Å². The van der Waals surface area contributed by atoms with E-state index >= 15 is 0 Å². The third-order valence-electron chi connectivity index (χ3n) is 7.30. The maximum Gasteiger partial charge on any atom is 0.472 e. The van der Waals surface area contributed by atoms with Gasteiger partial charge in [-0.05, 0) is 0 Å². The number of aromatic amines is 2. The summed E-state index contributed by atoms with van der Waals surface area (Å²) < 4.78 is 60.8. The summed E-state index contributed by atoms with van der Waals surface area (Å²) in [4.78, 5) is 66.2. The Morgan fingerprint density at radius 3 is 1.89 bits per heavy atom. The highest BCUT2D eigenvalue weighted by Gasteiger charge is 2.54. The summed E-state index contributed by atoms with van der Waals surface area (Å²) in [7, 11) is -10.2. The van der Waals surface area contributed by atoms with Crippen LogP contribution in [0.1, 0.15) is 12.5 Å². The van der Waals surface area contributed by atoms with Crippen LogP contribution in [0.25, 0.3) is 22.3 Å². The minimum absolute atomic E-state index is 0.0426. The molecule has 2 unspecified atom stereocenters. The maximum atomic E-state index is 13.1. The Morgan fingerprint density at radius 2 is 1.33 bits per heavy atom. The average molecular weight is 675 g/mol. The molecule has 3 aliphatic heterocycles. The molecule has 3 fully saturated rings. The first kappa shape index (κ1) is 30.2. The molecule has 0 amide bonds. The number of phosphoric ester groups is 2. The van der Waals surface area contributed by atoms with Crippen molar-refractivity contribution in [2.24, 2.45) is 0 Å². The van der Waals surface area contributed by atoms with Crippen molar-refractivity contribution in [3.63, 3.8) is 0 Å². The van der Waals surface area contributed by atoms with Crippen LogP contribution in [0.15, 0.2) is 28.6 Å². The number of phosphoric acid groups is 2. The number of anilines is 1. The van der Waals surface area contributed by atoms with Crippen LogP contribution in [0.3, 0.4) is 0 Å². The molecule has 7 rings (SSSR count). The minimum Gasteiger partial charge on any atom is -0.387 e. The molecule has 25 heteroatoms. The first-order valence-corrected chi connectivity index (χ1v) is 15.9. The molecule has 4 aromatic heterocycles. The van der Waals surface area contributed by atoms with Gasteiger partial charge in [-0.25, -0.2) is 24.1 Å². The highest BCUT2D eigenvalue weighted by Crippen LogP contribution is 2.53. The summed E-state index contributed by atoms with van der Waals surface area (Å²) in [5.41, 5.74) is 3.83. The van der Waals surface area contributed by atoms with Gasteiger partial charge in [-0.15, -0.1) is 0 Å². The fourth-order valence-electron chi connectivity index (χ4n) is 5.27. The largest absolute Gasteiger partial charge is 0.472 e. The molecule has 0 radical (unpaired) electrons. The zero-order chi connectivity index (χ0) is 31.8. The molecule has 4 aromatic rings. The number of hydrogen-bond acceptors (Lipinski definition) is 17. The first-order valence-electron chi connectivity index (χ1n) is 12.9. The third kappa shape index (κ3) is 5.31. The predicted octanol–water partition coefficient (Wildman–Crippen LogP) is -2.63. The summed E-state index contributed by atoms with van der Waals surface area (Å²) in [6.07, 6.45) is -9.76. The molecule has 0 aromatic carbocycles. The lowest BCUT2D eigenvalue weighted by atomic mass is 10.1. The Morgan fingerprint density at radius 1 is 0.822 bits per heavy atom. The van der Waals surface area contributed by atoms with Crippen molar-refractivity contribution in [3.05, 3.63) is 39.7 Å². The molecule has 10 atom stereocenters. The summed E-state index contributed by atoms with van der Waals surface area (Å²) in [5.74, 6) is -0.295. The van der Waals surface area contributed by atoms with Crippen LogP contribution in [0.4, 0.5) is 5.95 Å². The Hall–Kier alpha value is -3.44. The van der Waals surface area contributed by atoms with Gasteiger partial charge < -0.3 is 40.2 Å². The monoisotopic (exact) mass is 675 g/mol. The Labute approximate surface area is 247 Å². The normalized spacial score (nSPS) is 37.7. The number of rotatable bonds is 2. The van der Waals surface area contributed by atoms with Crippen molar-refractivity contribution < 1.29 is 56.7 Å².